The number of nitrogens with one attached hydrogen (secondary N) is 1. The Morgan fingerprint density at radius 1 is 1.39 bits per heavy atom. The quantitative estimate of drug-likeness (QED) is 0.889. The molecule has 0 spiro atoms. The fourth-order valence-electron chi connectivity index (χ4n) is 2.86. The number of carbonyl (C=O) groups is 2. The number of aromatic carboxylic acids is 1. The van der Waals surface area contributed by atoms with Crippen molar-refractivity contribution in [2.24, 2.45) is 10.9 Å². The maximum absolute atomic E-state index is 12.3. The fraction of sp³-hybridized carbons (Fsp3) is 0.471. The highest BCUT2D eigenvalue weighted by Gasteiger charge is 2.42. The van der Waals surface area contributed by atoms with E-state index in [-0.39, 0.29) is 17.4 Å². The second-order valence-corrected chi connectivity index (χ2v) is 6.49. The summed E-state index contributed by atoms with van der Waals surface area (Å²) in [4.78, 5) is 28.4. The zero-order chi connectivity index (χ0) is 16.8. The van der Waals surface area contributed by atoms with E-state index in [1.807, 2.05) is 13.8 Å². The second kappa shape index (κ2) is 5.45. The Morgan fingerprint density at radius 2 is 2.13 bits per heavy atom. The predicted octanol–water partition coefficient (Wildman–Crippen LogP) is 1.75. The van der Waals surface area contributed by atoms with E-state index in [9.17, 15) is 14.7 Å². The number of carboxylic acid groups (broad SMARTS) is 1. The standard InChI is InChI=1S/C17H20N2O4/c1-9(2)17(3)16(22)18-14(19-17)12-7-11-8-23-5-4-10(11)6-13(12)15(20)21/h6-7,9H,4-5,8H2,1-3H3,(H,20,21)(H,18,19,22). The molecule has 0 aromatic heterocycles. The average Bonchev–Trinajstić information content (AvgIpc) is 2.82. The molecule has 0 fully saturated rings. The van der Waals surface area contributed by atoms with E-state index in [0.29, 0.717) is 31.0 Å². The smallest absolute Gasteiger partial charge is 0.336 e. The lowest BCUT2D eigenvalue weighted by Crippen LogP contribution is -2.41. The van der Waals surface area contributed by atoms with Crippen LogP contribution >= 0.6 is 0 Å². The van der Waals surface area contributed by atoms with Gasteiger partial charge in [0.1, 0.15) is 11.4 Å². The molecule has 1 aromatic carbocycles. The summed E-state index contributed by atoms with van der Waals surface area (Å²) in [7, 11) is 0. The first kappa shape index (κ1) is 15.7. The van der Waals surface area contributed by atoms with Gasteiger partial charge in [-0.3, -0.25) is 9.79 Å². The van der Waals surface area contributed by atoms with Gasteiger partial charge in [-0.25, -0.2) is 4.79 Å². The van der Waals surface area contributed by atoms with Crippen molar-refractivity contribution in [2.75, 3.05) is 6.61 Å². The first-order chi connectivity index (χ1) is 10.8. The molecule has 3 rings (SSSR count). The van der Waals surface area contributed by atoms with Gasteiger partial charge in [0.25, 0.3) is 5.91 Å². The highest BCUT2D eigenvalue weighted by Crippen LogP contribution is 2.29. The Hall–Kier alpha value is -2.21. The molecule has 1 amide bonds. The lowest BCUT2D eigenvalue weighted by Gasteiger charge is -2.21. The molecular weight excluding hydrogens is 296 g/mol. The Kier molecular flexibility index (Phi) is 3.72. The molecule has 2 heterocycles. The van der Waals surface area contributed by atoms with Crippen LogP contribution in [-0.4, -0.2) is 35.0 Å². The molecule has 6 heteroatoms. The van der Waals surface area contributed by atoms with E-state index in [1.165, 1.54) is 0 Å². The van der Waals surface area contributed by atoms with Gasteiger partial charge in [0.15, 0.2) is 0 Å². The topological polar surface area (TPSA) is 88.0 Å². The number of fused-ring (bicyclic) bond motifs is 1. The molecular formula is C17H20N2O4. The monoisotopic (exact) mass is 316 g/mol. The second-order valence-electron chi connectivity index (χ2n) is 6.49. The summed E-state index contributed by atoms with van der Waals surface area (Å²) in [6.07, 6.45) is 0.693. The first-order valence-electron chi connectivity index (χ1n) is 7.71. The largest absolute Gasteiger partial charge is 0.478 e. The van der Waals surface area contributed by atoms with E-state index >= 15 is 0 Å². The van der Waals surface area contributed by atoms with Crippen LogP contribution in [-0.2, 0) is 22.6 Å². The van der Waals surface area contributed by atoms with Gasteiger partial charge in [0.05, 0.1) is 18.8 Å². The van der Waals surface area contributed by atoms with Crippen molar-refractivity contribution >= 4 is 17.7 Å². The van der Waals surface area contributed by atoms with Crippen LogP contribution in [0.5, 0.6) is 0 Å². The minimum absolute atomic E-state index is 0.00855. The number of hydrogen-bond donors (Lipinski definition) is 2. The van der Waals surface area contributed by atoms with Crippen molar-refractivity contribution < 1.29 is 19.4 Å². The van der Waals surface area contributed by atoms with E-state index in [2.05, 4.69) is 10.3 Å². The van der Waals surface area contributed by atoms with Crippen molar-refractivity contribution in [1.29, 1.82) is 0 Å². The fourth-order valence-corrected chi connectivity index (χ4v) is 2.86. The van der Waals surface area contributed by atoms with Crippen LogP contribution in [0.1, 0.15) is 47.8 Å². The van der Waals surface area contributed by atoms with Crippen molar-refractivity contribution in [3.8, 4) is 0 Å². The number of amidine groups is 1. The maximum Gasteiger partial charge on any atom is 0.336 e. The third kappa shape index (κ3) is 2.53. The van der Waals surface area contributed by atoms with Crippen LogP contribution in [0.2, 0.25) is 0 Å². The Balaban J connectivity index is 2.13. The van der Waals surface area contributed by atoms with Crippen LogP contribution in [0, 0.1) is 5.92 Å². The molecule has 2 N–H and O–H groups in total. The molecule has 0 saturated heterocycles. The van der Waals surface area contributed by atoms with Crippen LogP contribution < -0.4 is 5.32 Å². The molecule has 0 saturated carbocycles. The summed E-state index contributed by atoms with van der Waals surface area (Å²) in [6, 6.07) is 3.46. The van der Waals surface area contributed by atoms with Gasteiger partial charge in [-0.15, -0.1) is 0 Å². The average molecular weight is 316 g/mol. The molecule has 1 aromatic rings. The number of hydrogen-bond acceptors (Lipinski definition) is 4. The maximum atomic E-state index is 12.3. The summed E-state index contributed by atoms with van der Waals surface area (Å²) in [5, 5.41) is 12.3. The summed E-state index contributed by atoms with van der Waals surface area (Å²) in [6.45, 7) is 6.65. The van der Waals surface area contributed by atoms with Crippen molar-refractivity contribution in [1.82, 2.24) is 5.32 Å². The summed E-state index contributed by atoms with van der Waals surface area (Å²) < 4.78 is 5.44. The van der Waals surface area contributed by atoms with Gasteiger partial charge in [-0.2, -0.15) is 0 Å². The van der Waals surface area contributed by atoms with Crippen molar-refractivity contribution in [3.63, 3.8) is 0 Å². The molecule has 2 aliphatic heterocycles. The van der Waals surface area contributed by atoms with Gasteiger partial charge < -0.3 is 15.2 Å². The molecule has 122 valence electrons. The third-order valence-electron chi connectivity index (χ3n) is 4.76. The Morgan fingerprint density at radius 3 is 2.74 bits per heavy atom. The number of ether oxygens (including phenoxy) is 1. The summed E-state index contributed by atoms with van der Waals surface area (Å²) >= 11 is 0. The van der Waals surface area contributed by atoms with Gasteiger partial charge in [-0.1, -0.05) is 13.8 Å². The zero-order valence-corrected chi connectivity index (χ0v) is 13.5. The molecule has 0 radical (unpaired) electrons. The third-order valence-corrected chi connectivity index (χ3v) is 4.76. The molecule has 23 heavy (non-hydrogen) atoms. The summed E-state index contributed by atoms with van der Waals surface area (Å²) in [5.74, 6) is -0.886. The lowest BCUT2D eigenvalue weighted by atomic mass is 9.89. The summed E-state index contributed by atoms with van der Waals surface area (Å²) in [5.41, 5.74) is 1.66. The van der Waals surface area contributed by atoms with Crippen LogP contribution in [0.25, 0.3) is 0 Å². The zero-order valence-electron chi connectivity index (χ0n) is 13.5. The molecule has 1 unspecified atom stereocenters. The normalized spacial score (nSPS) is 23.5. The molecule has 2 aliphatic rings. The van der Waals surface area contributed by atoms with E-state index in [1.54, 1.807) is 19.1 Å². The minimum atomic E-state index is -1.02. The minimum Gasteiger partial charge on any atom is -0.478 e. The molecule has 0 bridgehead atoms. The lowest BCUT2D eigenvalue weighted by molar-refractivity contribution is -0.124. The van der Waals surface area contributed by atoms with E-state index in [0.717, 1.165) is 11.1 Å². The van der Waals surface area contributed by atoms with Gasteiger partial charge in [0.2, 0.25) is 0 Å². The molecule has 6 nitrogen and oxygen atoms in total. The molecule has 0 aliphatic carbocycles. The predicted molar refractivity (Wildman–Crippen MR) is 84.7 cm³/mol. The highest BCUT2D eigenvalue weighted by molar-refractivity contribution is 6.18. The van der Waals surface area contributed by atoms with Gasteiger partial charge in [0, 0.05) is 5.56 Å². The number of carboxylic acids is 1. The number of amides is 1. The van der Waals surface area contributed by atoms with Gasteiger partial charge >= 0.3 is 5.97 Å². The number of aliphatic imine (C=N–C) groups is 1. The SMILES string of the molecule is CC(C)C1(C)N=C(c2cc3c(cc2C(=O)O)CCOC3)NC1=O. The van der Waals surface area contributed by atoms with E-state index in [4.69, 9.17) is 4.74 Å². The van der Waals surface area contributed by atoms with Crippen LogP contribution in [0.3, 0.4) is 0 Å². The highest BCUT2D eigenvalue weighted by atomic mass is 16.5. The number of nitrogens with zero attached hydrogens (tertiary/aromatic N) is 1. The van der Waals surface area contributed by atoms with E-state index < -0.39 is 11.5 Å². The number of carbonyl (C=O) groups excluding carboxylic acids is 1. The number of rotatable bonds is 3. The first-order valence-corrected chi connectivity index (χ1v) is 7.71. The Labute approximate surface area is 134 Å². The van der Waals surface area contributed by atoms with Gasteiger partial charge in [-0.05, 0) is 42.5 Å². The van der Waals surface area contributed by atoms with Crippen LogP contribution in [0.4, 0.5) is 0 Å². The van der Waals surface area contributed by atoms with Crippen LogP contribution in [0.15, 0.2) is 17.1 Å². The number of benzene rings is 1. The molecule has 1 atom stereocenters. The van der Waals surface area contributed by atoms with Crippen molar-refractivity contribution in [3.05, 3.63) is 34.4 Å². The van der Waals surface area contributed by atoms with Crippen molar-refractivity contribution in [2.45, 2.75) is 39.3 Å². The Bertz CT molecular complexity index is 724.